The van der Waals surface area contributed by atoms with Gasteiger partial charge in [0.2, 0.25) is 5.91 Å². The zero-order valence-corrected chi connectivity index (χ0v) is 10.9. The number of nitrogens with one attached hydrogen (secondary N) is 2. The van der Waals surface area contributed by atoms with Gasteiger partial charge in [0, 0.05) is 19.6 Å². The van der Waals surface area contributed by atoms with Gasteiger partial charge in [0.05, 0.1) is 17.9 Å². The Morgan fingerprint density at radius 3 is 2.74 bits per heavy atom. The van der Waals surface area contributed by atoms with Gasteiger partial charge in [-0.15, -0.1) is 0 Å². The van der Waals surface area contributed by atoms with E-state index in [-0.39, 0.29) is 17.7 Å². The first-order chi connectivity index (χ1) is 9.22. The molecule has 1 fully saturated rings. The van der Waals surface area contributed by atoms with E-state index in [2.05, 4.69) is 10.6 Å². The van der Waals surface area contributed by atoms with Gasteiger partial charge in [-0.05, 0) is 25.0 Å². The summed E-state index contributed by atoms with van der Waals surface area (Å²) in [5, 5.41) is 5.56. The Hall–Kier alpha value is -1.88. The lowest BCUT2D eigenvalue weighted by molar-refractivity contribution is -0.117. The number of hydrogen-bond acceptors (Lipinski definition) is 3. The van der Waals surface area contributed by atoms with Gasteiger partial charge < -0.3 is 15.4 Å². The van der Waals surface area contributed by atoms with Gasteiger partial charge in [0.25, 0.3) is 5.91 Å². The quantitative estimate of drug-likeness (QED) is 0.762. The summed E-state index contributed by atoms with van der Waals surface area (Å²) in [7, 11) is 1.58. The van der Waals surface area contributed by atoms with Gasteiger partial charge in [-0.3, -0.25) is 9.59 Å². The summed E-state index contributed by atoms with van der Waals surface area (Å²) in [5.41, 5.74) is 1.04. The SMILES string of the molecule is COCCNC(=O)c1ccccc1NC(=O)C1CC1. The third-order valence-corrected chi connectivity index (χ3v) is 2.97. The van der Waals surface area contributed by atoms with Crippen LogP contribution in [0.1, 0.15) is 23.2 Å². The number of amides is 2. The number of benzene rings is 1. The lowest BCUT2D eigenvalue weighted by atomic mass is 10.1. The second-order valence-electron chi connectivity index (χ2n) is 4.56. The molecule has 2 rings (SSSR count). The molecule has 102 valence electrons. The summed E-state index contributed by atoms with van der Waals surface area (Å²) in [6.07, 6.45) is 1.88. The van der Waals surface area contributed by atoms with Crippen molar-refractivity contribution < 1.29 is 14.3 Å². The van der Waals surface area contributed by atoms with Crippen molar-refractivity contribution in [3.63, 3.8) is 0 Å². The van der Waals surface area contributed by atoms with E-state index in [1.54, 1.807) is 31.4 Å². The van der Waals surface area contributed by atoms with E-state index in [1.807, 2.05) is 0 Å². The third kappa shape index (κ3) is 3.79. The lowest BCUT2D eigenvalue weighted by Gasteiger charge is -2.11. The molecule has 5 heteroatoms. The average molecular weight is 262 g/mol. The first-order valence-electron chi connectivity index (χ1n) is 6.39. The van der Waals surface area contributed by atoms with Crippen LogP contribution in [0, 0.1) is 5.92 Å². The minimum Gasteiger partial charge on any atom is -0.383 e. The van der Waals surface area contributed by atoms with Crippen molar-refractivity contribution in [3.05, 3.63) is 29.8 Å². The molecular formula is C14H18N2O3. The standard InChI is InChI=1S/C14H18N2O3/c1-19-9-8-15-14(18)11-4-2-3-5-12(11)16-13(17)10-6-7-10/h2-5,10H,6-9H2,1H3,(H,15,18)(H,16,17). The zero-order valence-electron chi connectivity index (χ0n) is 10.9. The van der Waals surface area contributed by atoms with E-state index < -0.39 is 0 Å². The van der Waals surface area contributed by atoms with Crippen LogP contribution in [-0.4, -0.2) is 32.1 Å². The smallest absolute Gasteiger partial charge is 0.253 e. The molecule has 0 spiro atoms. The third-order valence-electron chi connectivity index (χ3n) is 2.97. The van der Waals surface area contributed by atoms with Crippen LogP contribution in [-0.2, 0) is 9.53 Å². The fraction of sp³-hybridized carbons (Fsp3) is 0.429. The molecule has 1 saturated carbocycles. The van der Waals surface area contributed by atoms with Crippen LogP contribution in [0.2, 0.25) is 0 Å². The van der Waals surface area contributed by atoms with E-state index in [0.29, 0.717) is 24.4 Å². The molecule has 2 N–H and O–H groups in total. The van der Waals surface area contributed by atoms with E-state index in [0.717, 1.165) is 12.8 Å². The van der Waals surface area contributed by atoms with Gasteiger partial charge in [-0.25, -0.2) is 0 Å². The van der Waals surface area contributed by atoms with Crippen LogP contribution in [0.3, 0.4) is 0 Å². The zero-order chi connectivity index (χ0) is 13.7. The topological polar surface area (TPSA) is 67.4 Å². The highest BCUT2D eigenvalue weighted by molar-refractivity contribution is 6.04. The number of hydrogen-bond donors (Lipinski definition) is 2. The summed E-state index contributed by atoms with van der Waals surface area (Å²) in [4.78, 5) is 23.7. The Balaban J connectivity index is 2.02. The van der Waals surface area contributed by atoms with Crippen LogP contribution in [0.5, 0.6) is 0 Å². The highest BCUT2D eigenvalue weighted by atomic mass is 16.5. The first-order valence-corrected chi connectivity index (χ1v) is 6.39. The Labute approximate surface area is 112 Å². The van der Waals surface area contributed by atoms with E-state index in [4.69, 9.17) is 4.74 Å². The van der Waals surface area contributed by atoms with Crippen LogP contribution >= 0.6 is 0 Å². The molecule has 0 unspecified atom stereocenters. The highest BCUT2D eigenvalue weighted by Gasteiger charge is 2.30. The molecule has 1 aromatic rings. The Morgan fingerprint density at radius 2 is 2.05 bits per heavy atom. The maximum absolute atomic E-state index is 12.0. The number of carbonyl (C=O) groups excluding carboxylic acids is 2. The molecule has 0 atom stereocenters. The molecule has 0 aliphatic heterocycles. The minimum absolute atomic E-state index is 0.00265. The molecule has 0 bridgehead atoms. The molecule has 19 heavy (non-hydrogen) atoms. The fourth-order valence-electron chi connectivity index (χ4n) is 1.73. The van der Waals surface area contributed by atoms with Crippen LogP contribution < -0.4 is 10.6 Å². The Morgan fingerprint density at radius 1 is 1.32 bits per heavy atom. The predicted molar refractivity (Wildman–Crippen MR) is 72.0 cm³/mol. The van der Waals surface area contributed by atoms with E-state index in [9.17, 15) is 9.59 Å². The highest BCUT2D eigenvalue weighted by Crippen LogP contribution is 2.30. The van der Waals surface area contributed by atoms with Crippen molar-refractivity contribution in [1.29, 1.82) is 0 Å². The lowest BCUT2D eigenvalue weighted by Crippen LogP contribution is -2.28. The predicted octanol–water partition coefficient (Wildman–Crippen LogP) is 1.41. The number of carbonyl (C=O) groups is 2. The van der Waals surface area contributed by atoms with E-state index >= 15 is 0 Å². The molecule has 2 amide bonds. The summed E-state index contributed by atoms with van der Waals surface area (Å²) in [5.74, 6) is -0.0921. The van der Waals surface area contributed by atoms with Gasteiger partial charge in [0.15, 0.2) is 0 Å². The van der Waals surface area contributed by atoms with Crippen molar-refractivity contribution in [2.24, 2.45) is 5.92 Å². The van der Waals surface area contributed by atoms with E-state index in [1.165, 1.54) is 0 Å². The normalized spacial score (nSPS) is 13.9. The second kappa shape index (κ2) is 6.33. The van der Waals surface area contributed by atoms with Gasteiger partial charge in [-0.2, -0.15) is 0 Å². The number of para-hydroxylation sites is 1. The first kappa shape index (κ1) is 13.5. The molecule has 0 radical (unpaired) electrons. The van der Waals surface area contributed by atoms with Gasteiger partial charge in [0.1, 0.15) is 0 Å². The van der Waals surface area contributed by atoms with Crippen molar-refractivity contribution >= 4 is 17.5 Å². The molecule has 0 heterocycles. The maximum Gasteiger partial charge on any atom is 0.253 e. The Kier molecular flexibility index (Phi) is 4.52. The van der Waals surface area contributed by atoms with Gasteiger partial charge in [-0.1, -0.05) is 12.1 Å². The van der Waals surface area contributed by atoms with Crippen LogP contribution in [0.15, 0.2) is 24.3 Å². The minimum atomic E-state index is -0.205. The Bertz CT molecular complexity index is 470. The van der Waals surface area contributed by atoms with Gasteiger partial charge >= 0.3 is 0 Å². The molecule has 1 aromatic carbocycles. The van der Waals surface area contributed by atoms with Crippen molar-refractivity contribution in [2.45, 2.75) is 12.8 Å². The summed E-state index contributed by atoms with van der Waals surface area (Å²) in [6.45, 7) is 0.905. The molecule has 0 saturated heterocycles. The molecule has 5 nitrogen and oxygen atoms in total. The second-order valence-corrected chi connectivity index (χ2v) is 4.56. The molecular weight excluding hydrogens is 244 g/mol. The summed E-state index contributed by atoms with van der Waals surface area (Å²) < 4.78 is 4.88. The summed E-state index contributed by atoms with van der Waals surface area (Å²) in [6, 6.07) is 7.02. The number of anilines is 1. The fourth-order valence-corrected chi connectivity index (χ4v) is 1.73. The van der Waals surface area contributed by atoms with Crippen LogP contribution in [0.25, 0.3) is 0 Å². The van der Waals surface area contributed by atoms with Crippen LogP contribution in [0.4, 0.5) is 5.69 Å². The maximum atomic E-state index is 12.0. The van der Waals surface area contributed by atoms with Crippen molar-refractivity contribution in [1.82, 2.24) is 5.32 Å². The molecule has 1 aliphatic rings. The summed E-state index contributed by atoms with van der Waals surface area (Å²) >= 11 is 0. The largest absolute Gasteiger partial charge is 0.383 e. The monoisotopic (exact) mass is 262 g/mol. The average Bonchev–Trinajstić information content (AvgIpc) is 3.24. The molecule has 1 aliphatic carbocycles. The number of rotatable bonds is 6. The van der Waals surface area contributed by atoms with Crippen molar-refractivity contribution in [3.8, 4) is 0 Å². The number of methoxy groups -OCH3 is 1. The molecule has 0 aromatic heterocycles. The van der Waals surface area contributed by atoms with Crippen molar-refractivity contribution in [2.75, 3.05) is 25.6 Å². The number of ether oxygens (including phenoxy) is 1.